The van der Waals surface area contributed by atoms with Gasteiger partial charge in [-0.2, -0.15) is 0 Å². The molecule has 35 atom stereocenters. The molecule has 0 unspecified atom stereocenters. The molecule has 492 valence electrons. The first-order valence-corrected chi connectivity index (χ1v) is 27.3. The van der Waals surface area contributed by atoms with E-state index in [9.17, 15) is 106 Å². The Balaban J connectivity index is 1.09. The minimum Gasteiger partial charge on any atom is -0.394 e. The van der Waals surface area contributed by atoms with E-state index in [0.717, 1.165) is 20.8 Å². The van der Waals surface area contributed by atoms with Crippen molar-refractivity contribution in [1.29, 1.82) is 0 Å². The molecule has 7 saturated heterocycles. The monoisotopic (exact) mass is 1240 g/mol. The molecule has 0 aromatic carbocycles. The van der Waals surface area contributed by atoms with Crippen LogP contribution in [0.25, 0.3) is 0 Å². The van der Waals surface area contributed by atoms with Gasteiger partial charge >= 0.3 is 0 Å². The summed E-state index contributed by atoms with van der Waals surface area (Å²) in [5, 5.41) is 203. The summed E-state index contributed by atoms with van der Waals surface area (Å²) in [7, 11) is 0. The number of nitrogens with one attached hydrogen (secondary N) is 3. The number of aliphatic hydroxyl groups is 18. The zero-order chi connectivity index (χ0) is 62.8. The number of hydrogen-bond donors (Lipinski definition) is 21. The minimum atomic E-state index is -2.20. The highest BCUT2D eigenvalue weighted by molar-refractivity contribution is 5.74. The Morgan fingerprint density at radius 2 is 0.706 bits per heavy atom. The van der Waals surface area contributed by atoms with E-state index in [1.807, 2.05) is 0 Å². The van der Waals surface area contributed by atoms with Crippen molar-refractivity contribution in [1.82, 2.24) is 16.0 Å². The summed E-state index contributed by atoms with van der Waals surface area (Å²) in [6, 6.07) is -5.09. The van der Waals surface area contributed by atoms with Crippen molar-refractivity contribution < 1.29 is 168 Å². The molecule has 37 nitrogen and oxygen atoms in total. The molecule has 0 spiro atoms. The van der Waals surface area contributed by atoms with E-state index in [4.69, 9.17) is 61.6 Å². The fourth-order valence-electron chi connectivity index (χ4n) is 10.9. The van der Waals surface area contributed by atoms with Crippen molar-refractivity contribution in [3.05, 3.63) is 0 Å². The lowest BCUT2D eigenvalue weighted by Gasteiger charge is -2.50. The first-order chi connectivity index (χ1) is 40.0. The number of aliphatic hydroxyl groups excluding tert-OH is 18. The van der Waals surface area contributed by atoms with Crippen LogP contribution in [0.2, 0.25) is 0 Å². The third-order valence-corrected chi connectivity index (χ3v) is 15.6. The molecule has 7 aliphatic rings. The summed E-state index contributed by atoms with van der Waals surface area (Å²) in [6.07, 6.45) is -58.4. The Bertz CT molecular complexity index is 2150. The van der Waals surface area contributed by atoms with Gasteiger partial charge in [0.2, 0.25) is 17.7 Å². The normalized spacial score (nSPS) is 49.8. The quantitative estimate of drug-likeness (QED) is 0.0538. The fraction of sp³-hybridized carbons (Fsp3) is 0.938. The highest BCUT2D eigenvalue weighted by atomic mass is 16.8. The summed E-state index contributed by atoms with van der Waals surface area (Å²) < 4.78 is 75.6. The standard InChI is InChI=1S/C48H81N3O34/c1-11-24(58)31(65)35(69)45(75-11)73-10-20-39(29(63)21(42(72)77-20)49-13(3)55)82-43-22(50-14(4)56)30(64)38(18(8-54)80-43)83-47-37(71)33(67)27(61)19(81-47)9-74-48-41(34(68)26(60)16(6-52)79-48)85-44-23(51-15(5)57)40(28(62)17(7-53)78-44)84-46-36(70)32(66)25(59)12(2)76-46/h11-12,16-48,52-54,58-72H,6-10H2,1-5H3,(H,49,55)(H,50,56)(H,51,57)/t11-,12-,16+,17+,18+,19+,20+,21+,22+,23+,24+,25+,26+,27+,28+,29+,30+,31+,32+,33-,34-,35-,36-,37-,38+,39+,40+,41-,42+,43-,44-,45+,46-,47-,48-/m0/s1. The van der Waals surface area contributed by atoms with Crippen molar-refractivity contribution in [2.75, 3.05) is 33.0 Å². The number of carbonyl (C=O) groups is 3. The predicted octanol–water partition coefficient (Wildman–Crippen LogP) is -13.8. The second-order valence-corrected chi connectivity index (χ2v) is 21.8. The van der Waals surface area contributed by atoms with E-state index < -0.39 is 266 Å². The van der Waals surface area contributed by atoms with Crippen LogP contribution < -0.4 is 16.0 Å². The Morgan fingerprint density at radius 1 is 0.329 bits per heavy atom. The maximum absolute atomic E-state index is 12.7. The van der Waals surface area contributed by atoms with E-state index >= 15 is 0 Å². The lowest BCUT2D eigenvalue weighted by molar-refractivity contribution is -0.379. The van der Waals surface area contributed by atoms with Gasteiger partial charge in [0.1, 0.15) is 159 Å². The second-order valence-electron chi connectivity index (χ2n) is 21.8. The van der Waals surface area contributed by atoms with Gasteiger partial charge in [0.15, 0.2) is 44.0 Å². The second kappa shape index (κ2) is 29.9. The molecule has 0 saturated carbocycles. The highest BCUT2D eigenvalue weighted by Crippen LogP contribution is 2.37. The lowest BCUT2D eigenvalue weighted by atomic mass is 9.94. The molecule has 85 heavy (non-hydrogen) atoms. The number of carbonyl (C=O) groups excluding carboxylic acids is 3. The van der Waals surface area contributed by atoms with Gasteiger partial charge in [0.05, 0.1) is 45.2 Å². The molecule has 3 amide bonds. The third kappa shape index (κ3) is 15.5. The van der Waals surface area contributed by atoms with Crippen LogP contribution in [0.15, 0.2) is 0 Å². The van der Waals surface area contributed by atoms with Crippen LogP contribution in [0.1, 0.15) is 34.6 Å². The Morgan fingerprint density at radius 3 is 1.28 bits per heavy atom. The average molecular weight is 1240 g/mol. The third-order valence-electron chi connectivity index (χ3n) is 15.6. The van der Waals surface area contributed by atoms with Gasteiger partial charge in [-0.3, -0.25) is 14.4 Å². The van der Waals surface area contributed by atoms with Gasteiger partial charge in [-0.25, -0.2) is 0 Å². The Labute approximate surface area is 483 Å². The van der Waals surface area contributed by atoms with Gasteiger partial charge in [-0.1, -0.05) is 0 Å². The molecule has 37 heteroatoms. The molecule has 0 bridgehead atoms. The zero-order valence-electron chi connectivity index (χ0n) is 46.3. The van der Waals surface area contributed by atoms with Gasteiger partial charge in [-0.05, 0) is 13.8 Å². The molecular formula is C48H81N3O34. The molecule has 0 aromatic rings. The van der Waals surface area contributed by atoms with Crippen LogP contribution >= 0.6 is 0 Å². The largest absolute Gasteiger partial charge is 0.394 e. The van der Waals surface area contributed by atoms with Crippen molar-refractivity contribution in [3.63, 3.8) is 0 Å². The Hall–Kier alpha value is -2.83. The number of hydrogen-bond acceptors (Lipinski definition) is 34. The summed E-state index contributed by atoms with van der Waals surface area (Å²) >= 11 is 0. The number of ether oxygens (including phenoxy) is 13. The summed E-state index contributed by atoms with van der Waals surface area (Å²) in [5.74, 6) is -2.42. The first kappa shape index (κ1) is 69.6. The van der Waals surface area contributed by atoms with E-state index in [0.29, 0.717) is 0 Å². The molecule has 21 N–H and O–H groups in total. The van der Waals surface area contributed by atoms with Crippen LogP contribution in [-0.2, 0) is 76.0 Å². The SMILES string of the molecule is CC(=O)N[C@@H]1[C@@H](O)[C@H](O[C@@H]2O[C@H](CO)[C@@H](O[C@@H]3O[C@H](CO[C@H]4O[C@H](CO)[C@@H](O)[C@H](O)[C@@H]4O[C@@H]4O[C@H](CO)[C@@H](O)[C@H](O[C@@H]5O[C@@H](C)[C@@H](O)[C@@H](O)[C@@H]5O)[C@H]4NC(C)=O)[C@@H](O)[C@H](O)[C@@H]3O)[C@H](O)[C@H]2NC(C)=O)[C@@H](CO[C@@H]2O[C@@H](C)[C@@H](O)[C@@H](O)[C@@H]2O)O[C@H]1O. The van der Waals surface area contributed by atoms with Crippen molar-refractivity contribution in [2.45, 2.75) is 249 Å². The van der Waals surface area contributed by atoms with E-state index in [1.165, 1.54) is 13.8 Å². The summed E-state index contributed by atoms with van der Waals surface area (Å²) in [6.45, 7) is 1.11. The molecule has 0 aromatic heterocycles. The van der Waals surface area contributed by atoms with E-state index in [2.05, 4.69) is 16.0 Å². The number of rotatable bonds is 20. The maximum atomic E-state index is 12.7. The van der Waals surface area contributed by atoms with Gasteiger partial charge in [-0.15, -0.1) is 0 Å². The summed E-state index contributed by atoms with van der Waals surface area (Å²) in [5.41, 5.74) is 0. The van der Waals surface area contributed by atoms with Crippen LogP contribution in [0, 0.1) is 0 Å². The molecule has 0 aliphatic carbocycles. The van der Waals surface area contributed by atoms with Gasteiger partial charge in [0.25, 0.3) is 0 Å². The van der Waals surface area contributed by atoms with Crippen LogP contribution in [0.3, 0.4) is 0 Å². The van der Waals surface area contributed by atoms with E-state index in [-0.39, 0.29) is 0 Å². The first-order valence-electron chi connectivity index (χ1n) is 27.3. The van der Waals surface area contributed by atoms with E-state index in [1.54, 1.807) is 0 Å². The topological polar surface area (TPSA) is 571 Å². The van der Waals surface area contributed by atoms with Crippen LogP contribution in [0.5, 0.6) is 0 Å². The lowest BCUT2D eigenvalue weighted by Crippen LogP contribution is -2.70. The molecule has 7 heterocycles. The average Bonchev–Trinajstić information content (AvgIpc) is 1.88. The molecule has 7 fully saturated rings. The predicted molar refractivity (Wildman–Crippen MR) is 264 cm³/mol. The smallest absolute Gasteiger partial charge is 0.217 e. The number of amides is 3. The zero-order valence-corrected chi connectivity index (χ0v) is 46.3. The minimum absolute atomic E-state index is 0.734. The van der Waals surface area contributed by atoms with Crippen LogP contribution in [0.4, 0.5) is 0 Å². The Kier molecular flexibility index (Phi) is 24.5. The van der Waals surface area contributed by atoms with Gasteiger partial charge in [0, 0.05) is 20.8 Å². The van der Waals surface area contributed by atoms with Crippen molar-refractivity contribution in [3.8, 4) is 0 Å². The molecule has 0 radical (unpaired) electrons. The molecule has 7 rings (SSSR count). The fourth-order valence-corrected chi connectivity index (χ4v) is 10.9. The molecule has 7 aliphatic heterocycles. The van der Waals surface area contributed by atoms with Crippen molar-refractivity contribution >= 4 is 17.7 Å². The van der Waals surface area contributed by atoms with Gasteiger partial charge < -0.3 is 169 Å². The highest BCUT2D eigenvalue weighted by Gasteiger charge is 2.58. The molecular weight excluding hydrogens is 1160 g/mol. The van der Waals surface area contributed by atoms with Crippen LogP contribution in [-0.4, -0.2) is 357 Å². The maximum Gasteiger partial charge on any atom is 0.217 e. The van der Waals surface area contributed by atoms with Crippen molar-refractivity contribution in [2.24, 2.45) is 0 Å². The summed E-state index contributed by atoms with van der Waals surface area (Å²) in [4.78, 5) is 37.6.